The zero-order chi connectivity index (χ0) is 13.3. The van der Waals surface area contributed by atoms with Gasteiger partial charge in [-0.1, -0.05) is 18.2 Å². The van der Waals surface area contributed by atoms with Crippen molar-refractivity contribution in [2.45, 2.75) is 31.4 Å². The maximum atomic E-state index is 5.89. The summed E-state index contributed by atoms with van der Waals surface area (Å²) in [5.41, 5.74) is 4.72. The topological polar surface area (TPSA) is 60.2 Å². The Morgan fingerprint density at radius 2 is 2.26 bits per heavy atom. The number of aromatic nitrogens is 1. The van der Waals surface area contributed by atoms with Crippen LogP contribution >= 0.6 is 0 Å². The van der Waals surface area contributed by atoms with Crippen molar-refractivity contribution < 1.29 is 4.74 Å². The van der Waals surface area contributed by atoms with Crippen molar-refractivity contribution in [1.29, 1.82) is 0 Å². The van der Waals surface area contributed by atoms with Gasteiger partial charge in [-0.15, -0.1) is 0 Å². The first-order chi connectivity index (χ1) is 9.23. The Morgan fingerprint density at radius 1 is 1.42 bits per heavy atom. The second-order valence-electron chi connectivity index (χ2n) is 5.33. The molecule has 1 aliphatic rings. The Kier molecular flexibility index (Phi) is 3.22. The summed E-state index contributed by atoms with van der Waals surface area (Å²) in [6.07, 6.45) is 3.98. The highest BCUT2D eigenvalue weighted by Gasteiger charge is 2.39. The molecule has 1 aliphatic heterocycles. The summed E-state index contributed by atoms with van der Waals surface area (Å²) in [5, 5.41) is 1.13. The number of fused-ring (bicyclic) bond motifs is 1. The lowest BCUT2D eigenvalue weighted by molar-refractivity contribution is -0.0126. The first-order valence-electron chi connectivity index (χ1n) is 6.68. The standard InChI is InChI=1S/C15H19N3O/c1-15(7-4-8-19-15)14(18-16)12-9-11-5-2-3-6-13(11)17-10-12/h2-3,5-6,9-10,14,18H,4,7-8,16H2,1H3. The maximum absolute atomic E-state index is 5.89. The normalized spacial score (nSPS) is 24.7. The zero-order valence-electron chi connectivity index (χ0n) is 11.1. The van der Waals surface area contributed by atoms with Crippen molar-refractivity contribution in [2.75, 3.05) is 6.61 Å². The van der Waals surface area contributed by atoms with Crippen LogP contribution in [0.1, 0.15) is 31.4 Å². The highest BCUT2D eigenvalue weighted by molar-refractivity contribution is 5.78. The van der Waals surface area contributed by atoms with E-state index in [1.54, 1.807) is 0 Å². The van der Waals surface area contributed by atoms with E-state index >= 15 is 0 Å². The number of para-hydroxylation sites is 1. The van der Waals surface area contributed by atoms with E-state index in [9.17, 15) is 0 Å². The number of nitrogens with one attached hydrogen (secondary N) is 1. The molecule has 0 spiro atoms. The number of nitrogens with two attached hydrogens (primary N) is 1. The van der Waals surface area contributed by atoms with Gasteiger partial charge in [0.2, 0.25) is 0 Å². The molecule has 1 fully saturated rings. The third-order valence-corrected chi connectivity index (χ3v) is 3.97. The molecule has 19 heavy (non-hydrogen) atoms. The van der Waals surface area contributed by atoms with Crippen molar-refractivity contribution in [3.63, 3.8) is 0 Å². The second-order valence-corrected chi connectivity index (χ2v) is 5.33. The Morgan fingerprint density at radius 3 is 3.00 bits per heavy atom. The predicted octanol–water partition coefficient (Wildman–Crippen LogP) is 2.31. The summed E-state index contributed by atoms with van der Waals surface area (Å²) in [4.78, 5) is 4.50. The lowest BCUT2D eigenvalue weighted by Crippen LogP contribution is -2.44. The average molecular weight is 257 g/mol. The lowest BCUT2D eigenvalue weighted by Gasteiger charge is -2.33. The molecule has 2 unspecified atom stereocenters. The third kappa shape index (κ3) is 2.23. The van der Waals surface area contributed by atoms with Crippen LogP contribution in [0.25, 0.3) is 10.9 Å². The van der Waals surface area contributed by atoms with Gasteiger partial charge >= 0.3 is 0 Å². The van der Waals surface area contributed by atoms with E-state index in [4.69, 9.17) is 10.6 Å². The van der Waals surface area contributed by atoms with E-state index in [1.807, 2.05) is 24.4 Å². The van der Waals surface area contributed by atoms with Gasteiger partial charge in [-0.2, -0.15) is 0 Å². The summed E-state index contributed by atoms with van der Waals surface area (Å²) in [5.74, 6) is 5.76. The first-order valence-corrected chi connectivity index (χ1v) is 6.68. The van der Waals surface area contributed by atoms with Gasteiger partial charge in [-0.05, 0) is 37.5 Å². The molecule has 0 radical (unpaired) electrons. The van der Waals surface area contributed by atoms with E-state index in [0.717, 1.165) is 35.9 Å². The summed E-state index contributed by atoms with van der Waals surface area (Å²) in [7, 11) is 0. The summed E-state index contributed by atoms with van der Waals surface area (Å²) >= 11 is 0. The Labute approximate surface area is 112 Å². The maximum Gasteiger partial charge on any atom is 0.0862 e. The van der Waals surface area contributed by atoms with Crippen LogP contribution in [0.5, 0.6) is 0 Å². The van der Waals surface area contributed by atoms with Crippen LogP contribution in [-0.2, 0) is 4.74 Å². The highest BCUT2D eigenvalue weighted by atomic mass is 16.5. The van der Waals surface area contributed by atoms with Crippen molar-refractivity contribution in [2.24, 2.45) is 5.84 Å². The monoisotopic (exact) mass is 257 g/mol. The van der Waals surface area contributed by atoms with Gasteiger partial charge < -0.3 is 4.74 Å². The Balaban J connectivity index is 2.01. The zero-order valence-corrected chi connectivity index (χ0v) is 11.1. The number of benzene rings is 1. The molecule has 1 saturated heterocycles. The second kappa shape index (κ2) is 4.89. The lowest BCUT2D eigenvalue weighted by atomic mass is 9.88. The van der Waals surface area contributed by atoms with E-state index in [0.29, 0.717) is 0 Å². The molecule has 4 nitrogen and oxygen atoms in total. The van der Waals surface area contributed by atoms with Gasteiger partial charge in [0.1, 0.15) is 0 Å². The molecule has 0 amide bonds. The fourth-order valence-electron chi connectivity index (χ4n) is 2.90. The van der Waals surface area contributed by atoms with Crippen LogP contribution in [0.15, 0.2) is 36.5 Å². The number of pyridine rings is 1. The SMILES string of the molecule is CC1(C(NN)c2cnc3ccccc3c2)CCCO1. The molecule has 3 rings (SSSR count). The molecule has 0 aliphatic carbocycles. The average Bonchev–Trinajstić information content (AvgIpc) is 2.87. The quantitative estimate of drug-likeness (QED) is 0.654. The van der Waals surface area contributed by atoms with E-state index in [-0.39, 0.29) is 11.6 Å². The number of rotatable bonds is 3. The van der Waals surface area contributed by atoms with Gasteiger partial charge in [-0.3, -0.25) is 16.3 Å². The molecule has 0 saturated carbocycles. The van der Waals surface area contributed by atoms with E-state index in [1.165, 1.54) is 0 Å². The highest BCUT2D eigenvalue weighted by Crippen LogP contribution is 2.37. The van der Waals surface area contributed by atoms with Crippen LogP contribution in [0.3, 0.4) is 0 Å². The first kappa shape index (κ1) is 12.5. The number of hydrogen-bond acceptors (Lipinski definition) is 4. The fourth-order valence-corrected chi connectivity index (χ4v) is 2.90. The molecule has 4 heteroatoms. The van der Waals surface area contributed by atoms with Crippen LogP contribution in [0, 0.1) is 0 Å². The summed E-state index contributed by atoms with van der Waals surface area (Å²) < 4.78 is 5.89. The molecule has 1 aromatic heterocycles. The molecule has 2 aromatic rings. The van der Waals surface area contributed by atoms with Crippen molar-refractivity contribution in [3.8, 4) is 0 Å². The third-order valence-electron chi connectivity index (χ3n) is 3.97. The molecule has 3 N–H and O–H groups in total. The summed E-state index contributed by atoms with van der Waals surface area (Å²) in [6, 6.07) is 10.2. The van der Waals surface area contributed by atoms with Gasteiger partial charge in [0.15, 0.2) is 0 Å². The van der Waals surface area contributed by atoms with Crippen LogP contribution in [0.2, 0.25) is 0 Å². The molecule has 2 heterocycles. The smallest absolute Gasteiger partial charge is 0.0862 e. The van der Waals surface area contributed by atoms with E-state index < -0.39 is 0 Å². The Hall–Kier alpha value is -1.49. The minimum Gasteiger partial charge on any atom is -0.373 e. The molecule has 1 aromatic carbocycles. The van der Waals surface area contributed by atoms with Crippen molar-refractivity contribution in [3.05, 3.63) is 42.1 Å². The van der Waals surface area contributed by atoms with Crippen LogP contribution in [0.4, 0.5) is 0 Å². The van der Waals surface area contributed by atoms with Crippen LogP contribution < -0.4 is 11.3 Å². The number of nitrogens with zero attached hydrogens (tertiary/aromatic N) is 1. The molecule has 100 valence electrons. The van der Waals surface area contributed by atoms with E-state index in [2.05, 4.69) is 29.5 Å². The molecular weight excluding hydrogens is 238 g/mol. The molecule has 2 atom stereocenters. The van der Waals surface area contributed by atoms with Gasteiger partial charge in [0.25, 0.3) is 0 Å². The summed E-state index contributed by atoms with van der Waals surface area (Å²) in [6.45, 7) is 2.91. The van der Waals surface area contributed by atoms with Gasteiger partial charge in [-0.25, -0.2) is 0 Å². The molecular formula is C15H19N3O. The minimum atomic E-state index is -0.251. The van der Waals surface area contributed by atoms with Crippen molar-refractivity contribution in [1.82, 2.24) is 10.4 Å². The van der Waals surface area contributed by atoms with Gasteiger partial charge in [0.05, 0.1) is 17.2 Å². The largest absolute Gasteiger partial charge is 0.373 e. The minimum absolute atomic E-state index is 0.0351. The Bertz CT molecular complexity index is 578. The van der Waals surface area contributed by atoms with Crippen LogP contribution in [-0.4, -0.2) is 17.2 Å². The number of hydrogen-bond donors (Lipinski definition) is 2. The number of ether oxygens (including phenoxy) is 1. The van der Waals surface area contributed by atoms with Gasteiger partial charge in [0, 0.05) is 18.2 Å². The van der Waals surface area contributed by atoms with Crippen molar-refractivity contribution >= 4 is 10.9 Å². The predicted molar refractivity (Wildman–Crippen MR) is 75.4 cm³/mol. The molecule has 0 bridgehead atoms. The fraction of sp³-hybridized carbons (Fsp3) is 0.400. The number of hydrazine groups is 1.